The van der Waals surface area contributed by atoms with Crippen molar-refractivity contribution in [1.82, 2.24) is 0 Å². The van der Waals surface area contributed by atoms with Gasteiger partial charge in [-0.05, 0) is 76.3 Å². The Bertz CT molecular complexity index is 1140. The molecule has 0 aliphatic heterocycles. The van der Waals surface area contributed by atoms with Gasteiger partial charge in [-0.25, -0.2) is 4.79 Å². The average Bonchev–Trinajstić information content (AvgIpc) is 3.26. The number of thiophene rings is 1. The molecule has 9 heteroatoms. The summed E-state index contributed by atoms with van der Waals surface area (Å²) in [5.41, 5.74) is 0.790. The van der Waals surface area contributed by atoms with Gasteiger partial charge in [-0.1, -0.05) is 25.1 Å². The predicted molar refractivity (Wildman–Crippen MR) is 124 cm³/mol. The molecule has 1 aromatic heterocycles. The number of rotatable bonds is 9. The second kappa shape index (κ2) is 10.5. The second-order valence-electron chi connectivity index (χ2n) is 7.28. The Morgan fingerprint density at radius 2 is 1.79 bits per heavy atom. The highest BCUT2D eigenvalue weighted by Crippen LogP contribution is 2.34. The molecule has 3 aromatic rings. The molecule has 3 rings (SSSR count). The number of aryl methyl sites for hydroxylation is 1. The molecule has 0 fully saturated rings. The van der Waals surface area contributed by atoms with Gasteiger partial charge in [0.25, 0.3) is 0 Å². The molecular weight excluding hydrogens is 521 g/mol. The fourth-order valence-electron chi connectivity index (χ4n) is 3.10. The highest BCUT2D eigenvalue weighted by Gasteiger charge is 2.30. The quantitative estimate of drug-likeness (QED) is 0.290. The molecule has 2 aromatic carbocycles. The third kappa shape index (κ3) is 6.45. The van der Waals surface area contributed by atoms with Crippen LogP contribution in [-0.2, 0) is 17.4 Å². The number of Topliss-reactive ketones (excluding diaryl/α,β-unsaturated/α-hetero) is 1. The Kier molecular flexibility index (Phi) is 7.97. The lowest BCUT2D eigenvalue weighted by Crippen LogP contribution is -2.26. The van der Waals surface area contributed by atoms with Crippen LogP contribution in [0.2, 0.25) is 0 Å². The first-order chi connectivity index (χ1) is 15.6. The van der Waals surface area contributed by atoms with Crippen molar-refractivity contribution in [2.24, 2.45) is 0 Å². The summed E-state index contributed by atoms with van der Waals surface area (Å²) >= 11 is 4.63. The van der Waals surface area contributed by atoms with Crippen LogP contribution in [0.15, 0.2) is 59.1 Å². The van der Waals surface area contributed by atoms with E-state index in [2.05, 4.69) is 15.9 Å². The van der Waals surface area contributed by atoms with Gasteiger partial charge in [0.1, 0.15) is 5.75 Å². The number of ether oxygens (including phenoxy) is 1. The maximum absolute atomic E-state index is 12.7. The maximum Gasteiger partial charge on any atom is 0.416 e. The Balaban J connectivity index is 1.62. The van der Waals surface area contributed by atoms with Crippen molar-refractivity contribution in [3.63, 3.8) is 0 Å². The first-order valence-electron chi connectivity index (χ1n) is 10.1. The number of ketones is 1. The van der Waals surface area contributed by atoms with Crippen molar-refractivity contribution in [1.29, 1.82) is 0 Å². The van der Waals surface area contributed by atoms with Gasteiger partial charge in [-0.2, -0.15) is 13.2 Å². The number of hydrogen-bond acceptors (Lipinski definition) is 4. The van der Waals surface area contributed by atoms with Gasteiger partial charge in [0.2, 0.25) is 0 Å². The average molecular weight is 541 g/mol. The van der Waals surface area contributed by atoms with Crippen LogP contribution >= 0.6 is 27.3 Å². The van der Waals surface area contributed by atoms with Crippen molar-refractivity contribution in [2.75, 3.05) is 0 Å². The summed E-state index contributed by atoms with van der Waals surface area (Å²) in [7, 11) is 0. The van der Waals surface area contributed by atoms with Gasteiger partial charge in [-0.3, -0.25) is 4.79 Å². The second-order valence-corrected chi connectivity index (χ2v) is 9.22. The van der Waals surface area contributed by atoms with Crippen LogP contribution in [0.5, 0.6) is 5.75 Å². The zero-order valence-electron chi connectivity index (χ0n) is 17.5. The standard InChI is InChI=1S/C24H20BrF3O4S/c1-2-19(23(30)31)32-20-10-4-14(13-17(20)25)3-9-18(29)22-12-11-21(33-22)15-5-7-16(8-6-15)24(26,27)28/h4-8,10-13,19H,2-3,9H2,1H3,(H,30,31). The molecule has 33 heavy (non-hydrogen) atoms. The van der Waals surface area contributed by atoms with Crippen molar-refractivity contribution in [3.05, 3.63) is 75.1 Å². The lowest BCUT2D eigenvalue weighted by molar-refractivity contribution is -0.145. The van der Waals surface area contributed by atoms with Crippen LogP contribution in [0.25, 0.3) is 10.4 Å². The van der Waals surface area contributed by atoms with Gasteiger partial charge >= 0.3 is 12.1 Å². The van der Waals surface area contributed by atoms with E-state index in [-0.39, 0.29) is 12.2 Å². The van der Waals surface area contributed by atoms with Crippen LogP contribution in [0.3, 0.4) is 0 Å². The zero-order valence-corrected chi connectivity index (χ0v) is 19.9. The van der Waals surface area contributed by atoms with Gasteiger partial charge in [0.15, 0.2) is 11.9 Å². The van der Waals surface area contributed by atoms with Crippen LogP contribution in [-0.4, -0.2) is 23.0 Å². The number of benzene rings is 2. The minimum Gasteiger partial charge on any atom is -0.479 e. The molecule has 0 saturated heterocycles. The molecule has 1 unspecified atom stereocenters. The van der Waals surface area contributed by atoms with E-state index < -0.39 is 23.8 Å². The smallest absolute Gasteiger partial charge is 0.416 e. The lowest BCUT2D eigenvalue weighted by Gasteiger charge is -2.15. The van der Waals surface area contributed by atoms with Gasteiger partial charge in [-0.15, -0.1) is 11.3 Å². The monoisotopic (exact) mass is 540 g/mol. The highest BCUT2D eigenvalue weighted by atomic mass is 79.9. The van der Waals surface area contributed by atoms with E-state index in [9.17, 15) is 22.8 Å². The molecule has 4 nitrogen and oxygen atoms in total. The van der Waals surface area contributed by atoms with E-state index in [1.807, 2.05) is 0 Å². The molecule has 0 aliphatic carbocycles. The van der Waals surface area contributed by atoms with E-state index in [1.54, 1.807) is 37.3 Å². The zero-order chi connectivity index (χ0) is 24.2. The SMILES string of the molecule is CCC(Oc1ccc(CCC(=O)c2ccc(-c3ccc(C(F)(F)F)cc3)s2)cc1Br)C(=O)O. The summed E-state index contributed by atoms with van der Waals surface area (Å²) < 4.78 is 44.3. The number of aliphatic carboxylic acids is 1. The van der Waals surface area contributed by atoms with E-state index in [0.29, 0.717) is 33.5 Å². The van der Waals surface area contributed by atoms with E-state index in [4.69, 9.17) is 9.84 Å². The molecule has 1 N–H and O–H groups in total. The van der Waals surface area contributed by atoms with Crippen molar-refractivity contribution >= 4 is 39.0 Å². The minimum atomic E-state index is -4.39. The summed E-state index contributed by atoms with van der Waals surface area (Å²) in [6.07, 6.45) is -4.27. The Morgan fingerprint density at radius 3 is 2.36 bits per heavy atom. The molecule has 1 atom stereocenters. The van der Waals surface area contributed by atoms with Crippen LogP contribution < -0.4 is 4.74 Å². The topological polar surface area (TPSA) is 63.6 Å². The number of alkyl halides is 3. The number of hydrogen-bond donors (Lipinski definition) is 1. The Morgan fingerprint density at radius 1 is 1.09 bits per heavy atom. The summed E-state index contributed by atoms with van der Waals surface area (Å²) in [6.45, 7) is 1.72. The summed E-state index contributed by atoms with van der Waals surface area (Å²) in [6, 6.07) is 13.5. The fourth-order valence-corrected chi connectivity index (χ4v) is 4.60. The van der Waals surface area contributed by atoms with Gasteiger partial charge in [0, 0.05) is 11.3 Å². The Labute approximate surface area is 201 Å². The number of carboxylic acids is 1. The predicted octanol–water partition coefficient (Wildman–Crippen LogP) is 7.25. The summed E-state index contributed by atoms with van der Waals surface area (Å²) in [5.74, 6) is -0.684. The fraction of sp³-hybridized carbons (Fsp3) is 0.250. The van der Waals surface area contributed by atoms with Crippen molar-refractivity contribution in [3.8, 4) is 16.2 Å². The van der Waals surface area contributed by atoms with Crippen molar-refractivity contribution in [2.45, 2.75) is 38.5 Å². The van der Waals surface area contributed by atoms with E-state index >= 15 is 0 Å². The largest absolute Gasteiger partial charge is 0.479 e. The highest BCUT2D eigenvalue weighted by molar-refractivity contribution is 9.10. The number of carbonyl (C=O) groups is 2. The number of carbonyl (C=O) groups excluding carboxylic acids is 1. The molecule has 174 valence electrons. The first kappa shape index (κ1) is 25.0. The molecule has 1 heterocycles. The molecular formula is C24H20BrF3O4S. The van der Waals surface area contributed by atoms with Gasteiger partial charge < -0.3 is 9.84 Å². The normalized spacial score (nSPS) is 12.4. The first-order valence-corrected chi connectivity index (χ1v) is 11.7. The molecule has 0 amide bonds. The van der Waals surface area contributed by atoms with Crippen LogP contribution in [0.1, 0.15) is 40.6 Å². The maximum atomic E-state index is 12.7. The molecule has 0 bridgehead atoms. The summed E-state index contributed by atoms with van der Waals surface area (Å²) in [4.78, 5) is 25.0. The third-order valence-corrected chi connectivity index (χ3v) is 6.73. The van der Waals surface area contributed by atoms with Crippen LogP contribution in [0, 0.1) is 0 Å². The van der Waals surface area contributed by atoms with Crippen LogP contribution in [0.4, 0.5) is 13.2 Å². The van der Waals surface area contributed by atoms with Crippen molar-refractivity contribution < 1.29 is 32.6 Å². The molecule has 0 aliphatic rings. The van der Waals surface area contributed by atoms with Gasteiger partial charge in [0.05, 0.1) is 14.9 Å². The lowest BCUT2D eigenvalue weighted by atomic mass is 10.1. The molecule has 0 spiro atoms. The summed E-state index contributed by atoms with van der Waals surface area (Å²) in [5, 5.41) is 9.13. The number of halogens is 4. The molecule has 0 saturated carbocycles. The molecule has 0 radical (unpaired) electrons. The third-order valence-electron chi connectivity index (χ3n) is 4.93. The minimum absolute atomic E-state index is 0.0634. The van der Waals surface area contributed by atoms with E-state index in [1.165, 1.54) is 23.5 Å². The van der Waals surface area contributed by atoms with E-state index in [0.717, 1.165) is 22.6 Å². The Hall–Kier alpha value is -2.65. The number of carboxylic acid groups (broad SMARTS) is 1.